The lowest BCUT2D eigenvalue weighted by molar-refractivity contribution is -0.406. The van der Waals surface area contributed by atoms with Crippen molar-refractivity contribution in [3.63, 3.8) is 0 Å². The molecular formula is C18H20NO4+. The number of methoxy groups -OCH3 is 2. The highest BCUT2D eigenvalue weighted by atomic mass is 16.6. The number of carbonyl (C=O) groups is 1. The summed E-state index contributed by atoms with van der Waals surface area (Å²) in [5.74, 6) is -0.900. The molecular weight excluding hydrogens is 294 g/mol. The predicted octanol–water partition coefficient (Wildman–Crippen LogP) is 2.70. The normalized spacial score (nSPS) is 18.4. The van der Waals surface area contributed by atoms with Gasteiger partial charge in [-0.05, 0) is 12.1 Å². The molecule has 0 spiro atoms. The second-order valence-electron chi connectivity index (χ2n) is 5.03. The molecule has 5 heteroatoms. The second-order valence-corrected chi connectivity index (χ2v) is 5.03. The summed E-state index contributed by atoms with van der Waals surface area (Å²) in [6.07, 6.45) is 2.57. The summed E-state index contributed by atoms with van der Waals surface area (Å²) >= 11 is 0. The van der Waals surface area contributed by atoms with Gasteiger partial charge in [0.25, 0.3) is 5.95 Å². The molecule has 5 nitrogen and oxygen atoms in total. The Morgan fingerprint density at radius 1 is 1.26 bits per heavy atom. The molecule has 1 heterocycles. The van der Waals surface area contributed by atoms with E-state index in [0.717, 1.165) is 5.56 Å². The fourth-order valence-electron chi connectivity index (χ4n) is 2.51. The molecule has 0 bridgehead atoms. The van der Waals surface area contributed by atoms with Crippen LogP contribution in [-0.2, 0) is 20.7 Å². The van der Waals surface area contributed by atoms with Gasteiger partial charge in [0.2, 0.25) is 5.70 Å². The molecule has 0 fully saturated rings. The highest BCUT2D eigenvalue weighted by Gasteiger charge is 2.41. The van der Waals surface area contributed by atoms with Gasteiger partial charge in [0.1, 0.15) is 11.1 Å². The highest BCUT2D eigenvalue weighted by Crippen LogP contribution is 2.34. The standard InChI is InChI=1S/C18H19NO4/c1-12-15(17(20)22-3)16(18(21)23-4)13(2)19(12)11-10-14-8-6-5-7-9-14/h5-9,11H,1,10H2,2-4H3/p+1/b17-15-,19-11?. The minimum atomic E-state index is -0.544. The molecule has 1 N–H and O–H groups in total. The van der Waals surface area contributed by atoms with Gasteiger partial charge in [0.15, 0.2) is 11.9 Å². The minimum absolute atomic E-state index is 0.251. The Morgan fingerprint density at radius 3 is 2.48 bits per heavy atom. The zero-order valence-electron chi connectivity index (χ0n) is 13.5. The van der Waals surface area contributed by atoms with Crippen LogP contribution in [0.25, 0.3) is 0 Å². The van der Waals surface area contributed by atoms with Crippen molar-refractivity contribution in [1.82, 2.24) is 0 Å². The third-order valence-corrected chi connectivity index (χ3v) is 3.70. The van der Waals surface area contributed by atoms with E-state index < -0.39 is 5.97 Å². The average molecular weight is 314 g/mol. The Morgan fingerprint density at radius 2 is 1.91 bits per heavy atom. The fourth-order valence-corrected chi connectivity index (χ4v) is 2.51. The lowest BCUT2D eigenvalue weighted by Crippen LogP contribution is -2.08. The van der Waals surface area contributed by atoms with Gasteiger partial charge in [-0.1, -0.05) is 30.3 Å². The number of hydrogen-bond donors (Lipinski definition) is 1. The summed E-state index contributed by atoms with van der Waals surface area (Å²) in [5.41, 5.74) is 2.73. The van der Waals surface area contributed by atoms with Crippen molar-refractivity contribution in [2.75, 3.05) is 14.2 Å². The van der Waals surface area contributed by atoms with Gasteiger partial charge < -0.3 is 14.6 Å². The van der Waals surface area contributed by atoms with Gasteiger partial charge in [-0.15, -0.1) is 0 Å². The molecule has 2 rings (SSSR count). The average Bonchev–Trinajstić information content (AvgIpc) is 2.83. The Kier molecular flexibility index (Phi) is 5.01. The van der Waals surface area contributed by atoms with E-state index in [9.17, 15) is 9.90 Å². The third kappa shape index (κ3) is 3.18. The first kappa shape index (κ1) is 16.5. The molecule has 1 aromatic rings. The fraction of sp³-hybridized carbons (Fsp3) is 0.222. The Balaban J connectivity index is 2.47. The lowest BCUT2D eigenvalue weighted by Gasteiger charge is -2.03. The maximum absolute atomic E-state index is 12.1. The first-order chi connectivity index (χ1) is 11.0. The molecule has 0 aromatic heterocycles. The summed E-state index contributed by atoms with van der Waals surface area (Å²) in [4.78, 5) is 12.1. The molecule has 0 unspecified atom stereocenters. The maximum atomic E-state index is 12.1. The van der Waals surface area contributed by atoms with E-state index in [1.165, 1.54) is 14.2 Å². The van der Waals surface area contributed by atoms with Gasteiger partial charge in [-0.25, -0.2) is 4.79 Å². The monoisotopic (exact) mass is 314 g/mol. The number of aliphatic hydroxyl groups excluding tert-OH is 1. The van der Waals surface area contributed by atoms with E-state index in [1.807, 2.05) is 36.5 Å². The van der Waals surface area contributed by atoms with E-state index in [1.54, 1.807) is 11.5 Å². The topological polar surface area (TPSA) is 58.8 Å². The van der Waals surface area contributed by atoms with Crippen molar-refractivity contribution < 1.29 is 24.0 Å². The summed E-state index contributed by atoms with van der Waals surface area (Å²) in [6.45, 7) is 5.74. The summed E-state index contributed by atoms with van der Waals surface area (Å²) < 4.78 is 11.5. The summed E-state index contributed by atoms with van der Waals surface area (Å²) in [7, 11) is 2.62. The smallest absolute Gasteiger partial charge is 0.345 e. The van der Waals surface area contributed by atoms with Gasteiger partial charge in [0, 0.05) is 6.92 Å². The maximum Gasteiger partial charge on any atom is 0.345 e. The van der Waals surface area contributed by atoms with E-state index >= 15 is 0 Å². The number of benzene rings is 1. The lowest BCUT2D eigenvalue weighted by atomic mass is 10.1. The van der Waals surface area contributed by atoms with E-state index in [-0.39, 0.29) is 17.1 Å². The van der Waals surface area contributed by atoms with Crippen molar-refractivity contribution in [2.24, 2.45) is 0 Å². The molecule has 0 saturated heterocycles. The molecule has 0 atom stereocenters. The van der Waals surface area contributed by atoms with Crippen LogP contribution in [0.2, 0.25) is 0 Å². The Bertz CT molecular complexity index is 727. The van der Waals surface area contributed by atoms with Crippen LogP contribution in [-0.4, -0.2) is 36.1 Å². The van der Waals surface area contributed by atoms with Crippen LogP contribution in [0.4, 0.5) is 0 Å². The molecule has 1 aromatic carbocycles. The first-order valence-corrected chi connectivity index (χ1v) is 7.13. The number of nitrogens with zero attached hydrogens (tertiary/aromatic N) is 1. The molecule has 0 radical (unpaired) electrons. The minimum Gasteiger partial charge on any atom is -0.480 e. The second kappa shape index (κ2) is 6.96. The number of ether oxygens (including phenoxy) is 2. The quantitative estimate of drug-likeness (QED) is 0.527. The number of carbonyl (C=O) groups excluding carboxylic acids is 1. The van der Waals surface area contributed by atoms with Crippen LogP contribution >= 0.6 is 0 Å². The largest absolute Gasteiger partial charge is 0.480 e. The number of rotatable bonds is 4. The molecule has 1 aliphatic rings. The van der Waals surface area contributed by atoms with Gasteiger partial charge in [-0.2, -0.15) is 4.58 Å². The Labute approximate surface area is 135 Å². The van der Waals surface area contributed by atoms with Crippen molar-refractivity contribution in [3.8, 4) is 0 Å². The van der Waals surface area contributed by atoms with Gasteiger partial charge in [0.05, 0.1) is 20.6 Å². The number of allylic oxidation sites excluding steroid dienone is 2. The van der Waals surface area contributed by atoms with Crippen LogP contribution in [0.15, 0.2) is 65.4 Å². The van der Waals surface area contributed by atoms with E-state index in [4.69, 9.17) is 9.47 Å². The van der Waals surface area contributed by atoms with Crippen LogP contribution < -0.4 is 0 Å². The number of esters is 1. The van der Waals surface area contributed by atoms with Gasteiger partial charge >= 0.3 is 5.97 Å². The van der Waals surface area contributed by atoms with Crippen molar-refractivity contribution in [1.29, 1.82) is 0 Å². The predicted molar refractivity (Wildman–Crippen MR) is 87.0 cm³/mol. The van der Waals surface area contributed by atoms with Crippen LogP contribution in [0.1, 0.15) is 12.5 Å². The highest BCUT2D eigenvalue weighted by molar-refractivity contribution is 5.96. The van der Waals surface area contributed by atoms with E-state index in [2.05, 4.69) is 6.58 Å². The molecule has 0 amide bonds. The van der Waals surface area contributed by atoms with E-state index in [0.29, 0.717) is 17.8 Å². The van der Waals surface area contributed by atoms with Crippen molar-refractivity contribution >= 4 is 12.2 Å². The Hall–Kier alpha value is -2.82. The molecule has 0 aliphatic carbocycles. The number of hydrogen-bond acceptors (Lipinski definition) is 4. The van der Waals surface area contributed by atoms with Crippen molar-refractivity contribution in [2.45, 2.75) is 13.3 Å². The molecule has 1 aliphatic heterocycles. The van der Waals surface area contributed by atoms with Crippen LogP contribution in [0.3, 0.4) is 0 Å². The zero-order valence-corrected chi connectivity index (χ0v) is 13.5. The molecule has 0 saturated carbocycles. The summed E-state index contributed by atoms with van der Waals surface area (Å²) in [6, 6.07) is 9.91. The van der Waals surface area contributed by atoms with Gasteiger partial charge in [-0.3, -0.25) is 0 Å². The first-order valence-electron chi connectivity index (χ1n) is 7.13. The van der Waals surface area contributed by atoms with Crippen LogP contribution in [0.5, 0.6) is 0 Å². The zero-order chi connectivity index (χ0) is 17.0. The summed E-state index contributed by atoms with van der Waals surface area (Å²) in [5, 5.41) is 9.98. The SMILES string of the molecule is C=C1/C(=C(\O)OC)C(C(=O)OC)=C(C)[N+]1=CCc1ccccc1. The molecule has 120 valence electrons. The van der Waals surface area contributed by atoms with Crippen LogP contribution in [0, 0.1) is 0 Å². The third-order valence-electron chi connectivity index (χ3n) is 3.70. The van der Waals surface area contributed by atoms with Crippen molar-refractivity contribution in [3.05, 3.63) is 71.0 Å². The number of aliphatic hydroxyl groups is 1. The molecule has 23 heavy (non-hydrogen) atoms.